The summed E-state index contributed by atoms with van der Waals surface area (Å²) in [6.45, 7) is 0.392. The molecule has 3 aromatic carbocycles. The Morgan fingerprint density at radius 1 is 0.909 bits per heavy atom. The van der Waals surface area contributed by atoms with Gasteiger partial charge in [-0.1, -0.05) is 48.5 Å². The molecule has 0 bridgehead atoms. The topological polar surface area (TPSA) is 107 Å². The Morgan fingerprint density at radius 2 is 1.52 bits per heavy atom. The Morgan fingerprint density at radius 3 is 2.15 bits per heavy atom. The Hall–Kier alpha value is -4.00. The number of hydrogen-bond acceptors (Lipinski definition) is 5. The summed E-state index contributed by atoms with van der Waals surface area (Å²) in [7, 11) is 0. The van der Waals surface area contributed by atoms with Crippen LogP contribution in [-0.2, 0) is 16.0 Å². The van der Waals surface area contributed by atoms with E-state index in [1.165, 1.54) is 17.0 Å². The molecule has 1 aliphatic carbocycles. The molecule has 1 atom stereocenters. The van der Waals surface area contributed by atoms with Crippen molar-refractivity contribution in [3.8, 4) is 22.6 Å². The monoisotopic (exact) mass is 445 g/mol. The van der Waals surface area contributed by atoms with Crippen molar-refractivity contribution in [3.05, 3.63) is 82.9 Å². The number of carboxylic acid groups (broad SMARTS) is 1. The van der Waals surface area contributed by atoms with Gasteiger partial charge < -0.3 is 25.0 Å². The van der Waals surface area contributed by atoms with Crippen molar-refractivity contribution in [3.63, 3.8) is 0 Å². The van der Waals surface area contributed by atoms with Crippen LogP contribution in [0.25, 0.3) is 11.1 Å². The Labute approximate surface area is 190 Å². The fourth-order valence-electron chi connectivity index (χ4n) is 5.01. The van der Waals surface area contributed by atoms with E-state index in [0.29, 0.717) is 17.5 Å². The lowest BCUT2D eigenvalue weighted by Gasteiger charge is -2.36. The SMILES string of the molecule is O=C(O)CC1c2cc(O)c(O)cc2CCN1C(=O)OCC1c2ccccc2-c2ccccc21. The van der Waals surface area contributed by atoms with Crippen LogP contribution in [0.4, 0.5) is 4.79 Å². The molecule has 0 fully saturated rings. The summed E-state index contributed by atoms with van der Waals surface area (Å²) >= 11 is 0. The second kappa shape index (κ2) is 8.16. The van der Waals surface area contributed by atoms with Gasteiger partial charge in [-0.3, -0.25) is 4.79 Å². The first kappa shape index (κ1) is 20.9. The first-order valence-electron chi connectivity index (χ1n) is 10.8. The third-order valence-electron chi connectivity index (χ3n) is 6.53. The number of aliphatic carboxylic acids is 1. The molecule has 7 heteroatoms. The van der Waals surface area contributed by atoms with E-state index in [1.807, 2.05) is 36.4 Å². The average molecular weight is 445 g/mol. The highest BCUT2D eigenvalue weighted by Crippen LogP contribution is 2.45. The fourth-order valence-corrected chi connectivity index (χ4v) is 5.01. The summed E-state index contributed by atoms with van der Waals surface area (Å²) in [6, 6.07) is 18.0. The molecule has 1 aliphatic heterocycles. The van der Waals surface area contributed by atoms with Crippen LogP contribution in [0.5, 0.6) is 11.5 Å². The molecule has 5 rings (SSSR count). The van der Waals surface area contributed by atoms with Crippen LogP contribution >= 0.6 is 0 Å². The molecule has 3 aromatic rings. The molecule has 1 heterocycles. The van der Waals surface area contributed by atoms with E-state index in [2.05, 4.69) is 12.1 Å². The van der Waals surface area contributed by atoms with Crippen LogP contribution in [0.3, 0.4) is 0 Å². The molecule has 1 amide bonds. The van der Waals surface area contributed by atoms with E-state index in [4.69, 9.17) is 4.74 Å². The number of carbonyl (C=O) groups is 2. The summed E-state index contributed by atoms with van der Waals surface area (Å²) in [5.74, 6) is -1.79. The smallest absolute Gasteiger partial charge is 0.410 e. The van der Waals surface area contributed by atoms with Crippen molar-refractivity contribution in [1.29, 1.82) is 0 Å². The predicted octanol–water partition coefficient (Wildman–Crippen LogP) is 4.42. The number of phenolic OH excluding ortho intramolecular Hbond substituents is 2. The largest absolute Gasteiger partial charge is 0.504 e. The number of phenols is 2. The molecule has 0 aromatic heterocycles. The molecule has 168 valence electrons. The van der Waals surface area contributed by atoms with E-state index in [0.717, 1.165) is 22.3 Å². The molecule has 1 unspecified atom stereocenters. The highest BCUT2D eigenvalue weighted by Gasteiger charge is 2.36. The standard InChI is InChI=1S/C26H23NO6/c28-23-11-15-9-10-27(22(13-25(30)31)20(15)12-24(23)29)26(32)33-14-21-18-7-3-1-5-16(18)17-6-2-4-8-19(17)21/h1-8,11-12,21-22,28-29H,9-10,13-14H2,(H,30,31). The first-order chi connectivity index (χ1) is 15.9. The van der Waals surface area contributed by atoms with Gasteiger partial charge in [0.1, 0.15) is 6.61 Å². The van der Waals surface area contributed by atoms with Gasteiger partial charge in [-0.05, 0) is 51.9 Å². The van der Waals surface area contributed by atoms with Crippen LogP contribution in [0, 0.1) is 0 Å². The molecule has 0 radical (unpaired) electrons. The zero-order valence-corrected chi connectivity index (χ0v) is 17.8. The van der Waals surface area contributed by atoms with E-state index in [9.17, 15) is 24.9 Å². The summed E-state index contributed by atoms with van der Waals surface area (Å²) < 4.78 is 5.74. The molecule has 2 aliphatic rings. The molecule has 0 saturated heterocycles. The third kappa shape index (κ3) is 3.65. The van der Waals surface area contributed by atoms with E-state index < -0.39 is 18.1 Å². The minimum atomic E-state index is -1.07. The van der Waals surface area contributed by atoms with Crippen molar-refractivity contribution >= 4 is 12.1 Å². The van der Waals surface area contributed by atoms with Crippen molar-refractivity contribution in [2.45, 2.75) is 24.8 Å². The third-order valence-corrected chi connectivity index (χ3v) is 6.53. The number of hydrogen-bond donors (Lipinski definition) is 3. The normalized spacial score (nSPS) is 16.6. The van der Waals surface area contributed by atoms with Gasteiger partial charge in [0.05, 0.1) is 12.5 Å². The number of benzene rings is 3. The van der Waals surface area contributed by atoms with Crippen molar-refractivity contribution < 1.29 is 29.6 Å². The van der Waals surface area contributed by atoms with E-state index in [-0.39, 0.29) is 37.0 Å². The minimum Gasteiger partial charge on any atom is -0.504 e. The zero-order chi connectivity index (χ0) is 23.1. The fraction of sp³-hybridized carbons (Fsp3) is 0.231. The lowest BCUT2D eigenvalue weighted by Crippen LogP contribution is -2.41. The molecule has 3 N–H and O–H groups in total. The second-order valence-electron chi connectivity index (χ2n) is 8.40. The lowest BCUT2D eigenvalue weighted by molar-refractivity contribution is -0.138. The highest BCUT2D eigenvalue weighted by atomic mass is 16.6. The van der Waals surface area contributed by atoms with Crippen LogP contribution in [0.15, 0.2) is 60.7 Å². The van der Waals surface area contributed by atoms with Crippen LogP contribution in [0.2, 0.25) is 0 Å². The number of carboxylic acids is 1. The maximum Gasteiger partial charge on any atom is 0.410 e. The summed E-state index contributed by atoms with van der Waals surface area (Å²) in [5, 5.41) is 29.2. The van der Waals surface area contributed by atoms with E-state index in [1.54, 1.807) is 0 Å². The van der Waals surface area contributed by atoms with Crippen molar-refractivity contribution in [2.24, 2.45) is 0 Å². The van der Waals surface area contributed by atoms with Gasteiger partial charge in [-0.15, -0.1) is 0 Å². The van der Waals surface area contributed by atoms with Gasteiger partial charge in [-0.25, -0.2) is 4.79 Å². The van der Waals surface area contributed by atoms with Crippen molar-refractivity contribution in [2.75, 3.05) is 13.2 Å². The minimum absolute atomic E-state index is 0.0997. The molecule has 7 nitrogen and oxygen atoms in total. The molecule has 33 heavy (non-hydrogen) atoms. The summed E-state index contributed by atoms with van der Waals surface area (Å²) in [6.07, 6.45) is -0.508. The number of carbonyl (C=O) groups excluding carboxylic acids is 1. The van der Waals surface area contributed by atoms with Crippen LogP contribution in [0.1, 0.15) is 40.6 Å². The van der Waals surface area contributed by atoms with Gasteiger partial charge in [0.2, 0.25) is 0 Å². The number of fused-ring (bicyclic) bond motifs is 4. The maximum atomic E-state index is 13.1. The van der Waals surface area contributed by atoms with Gasteiger partial charge >= 0.3 is 12.1 Å². The highest BCUT2D eigenvalue weighted by molar-refractivity contribution is 5.79. The average Bonchev–Trinajstić information content (AvgIpc) is 3.12. The molecular weight excluding hydrogens is 422 g/mol. The van der Waals surface area contributed by atoms with Crippen LogP contribution in [-0.4, -0.2) is 45.4 Å². The summed E-state index contributed by atoms with van der Waals surface area (Å²) in [4.78, 5) is 26.1. The zero-order valence-electron chi connectivity index (χ0n) is 17.8. The predicted molar refractivity (Wildman–Crippen MR) is 120 cm³/mol. The second-order valence-corrected chi connectivity index (χ2v) is 8.40. The van der Waals surface area contributed by atoms with Gasteiger partial charge in [0.25, 0.3) is 0 Å². The van der Waals surface area contributed by atoms with Gasteiger partial charge in [-0.2, -0.15) is 0 Å². The first-order valence-corrected chi connectivity index (χ1v) is 10.8. The number of ether oxygens (including phenoxy) is 1. The van der Waals surface area contributed by atoms with Crippen LogP contribution < -0.4 is 0 Å². The molecule has 0 spiro atoms. The van der Waals surface area contributed by atoms with Crippen molar-refractivity contribution in [1.82, 2.24) is 4.90 Å². The maximum absolute atomic E-state index is 13.1. The lowest BCUT2D eigenvalue weighted by atomic mass is 9.90. The quantitative estimate of drug-likeness (QED) is 0.513. The summed E-state index contributed by atoms with van der Waals surface area (Å²) in [5.41, 5.74) is 5.66. The molecule has 0 saturated carbocycles. The number of nitrogens with zero attached hydrogens (tertiary/aromatic N) is 1. The van der Waals surface area contributed by atoms with Gasteiger partial charge in [0, 0.05) is 12.5 Å². The van der Waals surface area contributed by atoms with Gasteiger partial charge in [0.15, 0.2) is 11.5 Å². The Kier molecular flexibility index (Phi) is 5.17. The Balaban J connectivity index is 1.39. The Bertz CT molecular complexity index is 1210. The molecular formula is C26H23NO6. The number of aromatic hydroxyl groups is 2. The van der Waals surface area contributed by atoms with E-state index >= 15 is 0 Å². The number of amides is 1. The number of rotatable bonds is 4.